The van der Waals surface area contributed by atoms with Gasteiger partial charge in [0.25, 0.3) is 5.91 Å². The molecule has 5 N–H and O–H groups in total. The zero-order chi connectivity index (χ0) is 15.2. The van der Waals surface area contributed by atoms with Crippen LogP contribution < -0.4 is 16.5 Å². The van der Waals surface area contributed by atoms with Crippen molar-refractivity contribution >= 4 is 23.3 Å². The molecule has 0 aliphatic carbocycles. The number of quaternary nitrogens is 1. The second-order valence-electron chi connectivity index (χ2n) is 3.68. The zero-order valence-electron chi connectivity index (χ0n) is 10.3. The fourth-order valence-electron chi connectivity index (χ4n) is 1.25. The number of nitrogens with one attached hydrogen (secondary N) is 2. The monoisotopic (exact) mass is 313 g/mol. The van der Waals surface area contributed by atoms with Gasteiger partial charge < -0.3 is 10.6 Å². The number of nitrogens with zero attached hydrogens (tertiary/aromatic N) is 1. The summed E-state index contributed by atoms with van der Waals surface area (Å²) in [5, 5.41) is 5.05. The fraction of sp³-hybridized carbons (Fsp3) is 0.400. The SMILES string of the molecule is [NH3+]OCC(=O)NCCNc1ncc(C(F)(F)F)cc1Cl. The molecule has 1 amide bonds. The van der Waals surface area contributed by atoms with Crippen molar-refractivity contribution in [2.75, 3.05) is 25.0 Å². The molecule has 0 bridgehead atoms. The summed E-state index contributed by atoms with van der Waals surface area (Å²) in [6.45, 7) is 0.321. The lowest BCUT2D eigenvalue weighted by atomic mass is 10.3. The van der Waals surface area contributed by atoms with E-state index < -0.39 is 11.7 Å². The van der Waals surface area contributed by atoms with E-state index in [2.05, 4.69) is 26.4 Å². The molecule has 0 saturated heterocycles. The van der Waals surface area contributed by atoms with Crippen LogP contribution in [0.1, 0.15) is 5.56 Å². The molecular formula is C10H13ClF3N4O2+. The summed E-state index contributed by atoms with van der Waals surface area (Å²) in [6.07, 6.45) is -3.80. The molecule has 0 unspecified atom stereocenters. The average Bonchev–Trinajstić information content (AvgIpc) is 2.35. The Morgan fingerprint density at radius 1 is 1.45 bits per heavy atom. The van der Waals surface area contributed by atoms with Gasteiger partial charge in [0.1, 0.15) is 5.82 Å². The van der Waals surface area contributed by atoms with Crippen LogP contribution in [0.2, 0.25) is 5.02 Å². The molecule has 0 aliphatic heterocycles. The van der Waals surface area contributed by atoms with Crippen molar-refractivity contribution in [3.63, 3.8) is 0 Å². The number of hydrogen-bond donors (Lipinski definition) is 3. The summed E-state index contributed by atoms with van der Waals surface area (Å²) in [5.74, 6) is 2.81. The van der Waals surface area contributed by atoms with Crippen molar-refractivity contribution in [3.05, 3.63) is 22.8 Å². The van der Waals surface area contributed by atoms with E-state index in [1.165, 1.54) is 0 Å². The highest BCUT2D eigenvalue weighted by Crippen LogP contribution is 2.32. The number of carbonyl (C=O) groups is 1. The average molecular weight is 314 g/mol. The highest BCUT2D eigenvalue weighted by Gasteiger charge is 2.31. The smallest absolute Gasteiger partial charge is 0.367 e. The van der Waals surface area contributed by atoms with Crippen molar-refractivity contribution in [2.24, 2.45) is 0 Å². The van der Waals surface area contributed by atoms with Gasteiger partial charge in [0, 0.05) is 19.3 Å². The number of alkyl halides is 3. The Morgan fingerprint density at radius 3 is 2.70 bits per heavy atom. The minimum Gasteiger partial charge on any atom is -0.367 e. The molecule has 112 valence electrons. The van der Waals surface area contributed by atoms with E-state index in [0.717, 1.165) is 6.07 Å². The van der Waals surface area contributed by atoms with Crippen LogP contribution in [0, 0.1) is 0 Å². The van der Waals surface area contributed by atoms with E-state index in [4.69, 9.17) is 11.6 Å². The van der Waals surface area contributed by atoms with Crippen LogP contribution in [-0.4, -0.2) is 30.6 Å². The number of carbonyl (C=O) groups excluding carboxylic acids is 1. The highest BCUT2D eigenvalue weighted by atomic mass is 35.5. The summed E-state index contributed by atoms with van der Waals surface area (Å²) < 4.78 is 37.2. The normalized spacial score (nSPS) is 11.2. The lowest BCUT2D eigenvalue weighted by Gasteiger charge is -2.11. The van der Waals surface area contributed by atoms with Crippen LogP contribution in [0.3, 0.4) is 0 Å². The first-order valence-electron chi connectivity index (χ1n) is 5.45. The summed E-state index contributed by atoms with van der Waals surface area (Å²) in [7, 11) is 0. The third-order valence-electron chi connectivity index (χ3n) is 2.14. The Bertz CT molecular complexity index is 470. The molecule has 0 saturated carbocycles. The van der Waals surface area contributed by atoms with Crippen molar-refractivity contribution in [1.29, 1.82) is 0 Å². The second-order valence-corrected chi connectivity index (χ2v) is 4.08. The molecule has 0 aromatic carbocycles. The maximum Gasteiger partial charge on any atom is 0.417 e. The standard InChI is InChI=1S/C10H12ClF3N4O2/c11-7-3-6(10(12,13)14)4-18-9(7)17-2-1-16-8(19)5-20-15/h3-4H,1-2,5H2,15H3,(H-,16,17,18,19)/p+1. The Morgan fingerprint density at radius 2 is 2.15 bits per heavy atom. The van der Waals surface area contributed by atoms with E-state index in [0.29, 0.717) is 6.20 Å². The van der Waals surface area contributed by atoms with E-state index in [1.807, 2.05) is 0 Å². The van der Waals surface area contributed by atoms with Gasteiger partial charge in [0.15, 0.2) is 6.61 Å². The van der Waals surface area contributed by atoms with Gasteiger partial charge in [0.05, 0.1) is 10.6 Å². The molecule has 0 radical (unpaired) electrons. The molecule has 1 aromatic heterocycles. The van der Waals surface area contributed by atoms with E-state index >= 15 is 0 Å². The van der Waals surface area contributed by atoms with Crippen LogP contribution in [-0.2, 0) is 15.8 Å². The molecule has 0 aliphatic rings. The summed E-state index contributed by atoms with van der Waals surface area (Å²) in [5.41, 5.74) is -0.922. The molecule has 1 aromatic rings. The van der Waals surface area contributed by atoms with Crippen molar-refractivity contribution in [1.82, 2.24) is 10.3 Å². The largest absolute Gasteiger partial charge is 0.417 e. The summed E-state index contributed by atoms with van der Waals surface area (Å²) in [6, 6.07) is 0.784. The number of aromatic nitrogens is 1. The molecule has 10 heteroatoms. The maximum atomic E-state index is 12.4. The number of rotatable bonds is 6. The Balaban J connectivity index is 2.47. The number of amides is 1. The first kappa shape index (κ1) is 16.5. The van der Waals surface area contributed by atoms with Crippen LogP contribution in [0.15, 0.2) is 12.3 Å². The van der Waals surface area contributed by atoms with Crippen LogP contribution in [0.5, 0.6) is 0 Å². The van der Waals surface area contributed by atoms with Gasteiger partial charge in [-0.2, -0.15) is 18.0 Å². The van der Waals surface area contributed by atoms with E-state index in [9.17, 15) is 18.0 Å². The Kier molecular flexibility index (Phi) is 5.99. The number of anilines is 1. The highest BCUT2D eigenvalue weighted by molar-refractivity contribution is 6.32. The fourth-order valence-corrected chi connectivity index (χ4v) is 1.48. The third kappa shape index (κ3) is 5.19. The predicted molar refractivity (Wildman–Crippen MR) is 64.6 cm³/mol. The molecule has 0 atom stereocenters. The van der Waals surface area contributed by atoms with Gasteiger partial charge in [-0.05, 0) is 6.07 Å². The van der Waals surface area contributed by atoms with Gasteiger partial charge in [0.2, 0.25) is 0 Å². The van der Waals surface area contributed by atoms with Crippen LogP contribution >= 0.6 is 11.6 Å². The Labute approximate surface area is 117 Å². The van der Waals surface area contributed by atoms with Gasteiger partial charge in [-0.25, -0.2) is 10.9 Å². The first-order chi connectivity index (χ1) is 9.34. The van der Waals surface area contributed by atoms with Gasteiger partial charge in [-0.15, -0.1) is 0 Å². The second kappa shape index (κ2) is 7.27. The van der Waals surface area contributed by atoms with Crippen molar-refractivity contribution in [3.8, 4) is 0 Å². The number of halogens is 4. The molecule has 0 fully saturated rings. The molecule has 20 heavy (non-hydrogen) atoms. The Hall–Kier alpha value is -1.58. The molecule has 0 spiro atoms. The van der Waals surface area contributed by atoms with Crippen LogP contribution in [0.25, 0.3) is 0 Å². The lowest BCUT2D eigenvalue weighted by molar-refractivity contribution is -0.685. The minimum atomic E-state index is -4.49. The maximum absolute atomic E-state index is 12.4. The first-order valence-corrected chi connectivity index (χ1v) is 5.82. The minimum absolute atomic E-state index is 0.113. The van der Waals surface area contributed by atoms with Crippen molar-refractivity contribution < 1.29 is 28.7 Å². The van der Waals surface area contributed by atoms with E-state index in [1.54, 1.807) is 0 Å². The number of pyridine rings is 1. The topological polar surface area (TPSA) is 90.9 Å². The quantitative estimate of drug-likeness (QED) is 0.525. The summed E-state index contributed by atoms with van der Waals surface area (Å²) >= 11 is 5.69. The van der Waals surface area contributed by atoms with Gasteiger partial charge >= 0.3 is 6.18 Å². The molecule has 1 heterocycles. The van der Waals surface area contributed by atoms with Gasteiger partial charge in [-0.3, -0.25) is 4.79 Å². The van der Waals surface area contributed by atoms with E-state index in [-0.39, 0.29) is 36.4 Å². The van der Waals surface area contributed by atoms with Crippen LogP contribution in [0.4, 0.5) is 19.0 Å². The zero-order valence-corrected chi connectivity index (χ0v) is 11.0. The van der Waals surface area contributed by atoms with Gasteiger partial charge in [-0.1, -0.05) is 11.6 Å². The molecular weight excluding hydrogens is 301 g/mol. The number of hydrogen-bond acceptors (Lipinski definition) is 4. The van der Waals surface area contributed by atoms with Crippen molar-refractivity contribution in [2.45, 2.75) is 6.18 Å². The molecule has 6 nitrogen and oxygen atoms in total. The third-order valence-corrected chi connectivity index (χ3v) is 2.43. The molecule has 1 rings (SSSR count). The predicted octanol–water partition coefficient (Wildman–Crippen LogP) is 0.455. The lowest BCUT2D eigenvalue weighted by Crippen LogP contribution is -2.51. The summed E-state index contributed by atoms with van der Waals surface area (Å²) in [4.78, 5) is 19.0.